The fourth-order valence-electron chi connectivity index (χ4n) is 1.91. The molecule has 3 rings (SSSR count). The first-order valence-electron chi connectivity index (χ1n) is 5.74. The van der Waals surface area contributed by atoms with Gasteiger partial charge >= 0.3 is 0 Å². The third kappa shape index (κ3) is 1.99. The Kier molecular flexibility index (Phi) is 2.79. The van der Waals surface area contributed by atoms with Crippen molar-refractivity contribution in [3.05, 3.63) is 36.7 Å². The van der Waals surface area contributed by atoms with Gasteiger partial charge in [0.15, 0.2) is 29.1 Å². The van der Waals surface area contributed by atoms with Crippen molar-refractivity contribution in [3.63, 3.8) is 0 Å². The van der Waals surface area contributed by atoms with E-state index in [1.54, 1.807) is 14.2 Å². The van der Waals surface area contributed by atoms with E-state index in [1.807, 2.05) is 30.3 Å². The number of oxazole rings is 1. The van der Waals surface area contributed by atoms with E-state index in [9.17, 15) is 0 Å². The Labute approximate surface area is 109 Å². The highest BCUT2D eigenvalue weighted by Gasteiger charge is 2.08. The van der Waals surface area contributed by atoms with Crippen molar-refractivity contribution in [2.24, 2.45) is 0 Å². The molecule has 0 atom stereocenters. The highest BCUT2D eigenvalue weighted by atomic mass is 16.5. The third-order valence-electron chi connectivity index (χ3n) is 2.87. The summed E-state index contributed by atoms with van der Waals surface area (Å²) in [6.07, 6.45) is 1.38. The van der Waals surface area contributed by atoms with Crippen LogP contribution in [0.2, 0.25) is 0 Å². The molecule has 0 N–H and O–H groups in total. The number of hydrogen-bond donors (Lipinski definition) is 0. The third-order valence-corrected chi connectivity index (χ3v) is 2.87. The number of methoxy groups -OCH3 is 2. The lowest BCUT2D eigenvalue weighted by molar-refractivity contribution is 0.355. The first-order valence-corrected chi connectivity index (χ1v) is 5.74. The number of rotatable bonds is 3. The fourth-order valence-corrected chi connectivity index (χ4v) is 1.91. The van der Waals surface area contributed by atoms with Gasteiger partial charge < -0.3 is 13.9 Å². The molecule has 0 aliphatic heterocycles. The summed E-state index contributed by atoms with van der Waals surface area (Å²) in [7, 11) is 3.22. The van der Waals surface area contributed by atoms with Gasteiger partial charge in [0, 0.05) is 5.56 Å². The molecule has 3 aromatic rings. The smallest absolute Gasteiger partial charge is 0.199 e. The SMILES string of the molecule is COc1ccc(-c2ccc3ocnc3n2)cc1OC. The number of hydrogen-bond acceptors (Lipinski definition) is 5. The van der Waals surface area contributed by atoms with Crippen molar-refractivity contribution in [3.8, 4) is 22.8 Å². The van der Waals surface area contributed by atoms with E-state index in [2.05, 4.69) is 9.97 Å². The van der Waals surface area contributed by atoms with Gasteiger partial charge in [-0.2, -0.15) is 4.98 Å². The van der Waals surface area contributed by atoms with Crippen molar-refractivity contribution in [2.45, 2.75) is 0 Å². The molecular weight excluding hydrogens is 244 g/mol. The maximum atomic E-state index is 5.28. The molecular formula is C14H12N2O3. The zero-order chi connectivity index (χ0) is 13.2. The summed E-state index contributed by atoms with van der Waals surface area (Å²) in [5.74, 6) is 1.36. The Bertz CT molecular complexity index is 722. The predicted octanol–water partition coefficient (Wildman–Crippen LogP) is 2.91. The summed E-state index contributed by atoms with van der Waals surface area (Å²) >= 11 is 0. The number of benzene rings is 1. The number of ether oxygens (including phenoxy) is 2. The van der Waals surface area contributed by atoms with Crippen molar-refractivity contribution in [1.82, 2.24) is 9.97 Å². The molecule has 1 aromatic carbocycles. The van der Waals surface area contributed by atoms with Crippen molar-refractivity contribution in [1.29, 1.82) is 0 Å². The summed E-state index contributed by atoms with van der Waals surface area (Å²) < 4.78 is 15.7. The fraction of sp³-hybridized carbons (Fsp3) is 0.143. The zero-order valence-electron chi connectivity index (χ0n) is 10.6. The summed E-state index contributed by atoms with van der Waals surface area (Å²) in [5.41, 5.74) is 3.00. The molecule has 0 saturated heterocycles. The Morgan fingerprint density at radius 1 is 1.00 bits per heavy atom. The zero-order valence-corrected chi connectivity index (χ0v) is 10.6. The topological polar surface area (TPSA) is 57.4 Å². The molecule has 2 heterocycles. The highest BCUT2D eigenvalue weighted by molar-refractivity contribution is 5.73. The van der Waals surface area contributed by atoms with Crippen LogP contribution in [0.5, 0.6) is 11.5 Å². The van der Waals surface area contributed by atoms with Crippen LogP contribution in [-0.4, -0.2) is 24.2 Å². The van der Waals surface area contributed by atoms with Crippen LogP contribution in [0.3, 0.4) is 0 Å². The van der Waals surface area contributed by atoms with Gasteiger partial charge in [-0.25, -0.2) is 4.98 Å². The van der Waals surface area contributed by atoms with Crippen LogP contribution in [0.25, 0.3) is 22.5 Å². The highest BCUT2D eigenvalue weighted by Crippen LogP contribution is 2.31. The molecule has 96 valence electrons. The number of fused-ring (bicyclic) bond motifs is 1. The molecule has 5 nitrogen and oxygen atoms in total. The second-order valence-corrected chi connectivity index (χ2v) is 3.94. The number of nitrogens with zero attached hydrogens (tertiary/aromatic N) is 2. The van der Waals surface area contributed by atoms with Crippen molar-refractivity contribution >= 4 is 11.2 Å². The molecule has 19 heavy (non-hydrogen) atoms. The van der Waals surface area contributed by atoms with E-state index in [1.165, 1.54) is 6.39 Å². The monoisotopic (exact) mass is 256 g/mol. The maximum Gasteiger partial charge on any atom is 0.199 e. The second kappa shape index (κ2) is 4.61. The molecule has 0 radical (unpaired) electrons. The van der Waals surface area contributed by atoms with Crippen molar-refractivity contribution in [2.75, 3.05) is 14.2 Å². The second-order valence-electron chi connectivity index (χ2n) is 3.94. The van der Waals surface area contributed by atoms with Gasteiger partial charge in [-0.3, -0.25) is 0 Å². The van der Waals surface area contributed by atoms with Crippen LogP contribution in [0.15, 0.2) is 41.1 Å². The lowest BCUT2D eigenvalue weighted by Gasteiger charge is -2.09. The van der Waals surface area contributed by atoms with Crippen LogP contribution < -0.4 is 9.47 Å². The van der Waals surface area contributed by atoms with Gasteiger partial charge in [-0.1, -0.05) is 0 Å². The van der Waals surface area contributed by atoms with E-state index < -0.39 is 0 Å². The minimum atomic E-state index is 0.590. The lowest BCUT2D eigenvalue weighted by atomic mass is 10.1. The first kappa shape index (κ1) is 11.5. The average molecular weight is 256 g/mol. The predicted molar refractivity (Wildman–Crippen MR) is 70.3 cm³/mol. The largest absolute Gasteiger partial charge is 0.493 e. The average Bonchev–Trinajstić information content (AvgIpc) is 2.93. The summed E-state index contributed by atoms with van der Waals surface area (Å²) in [5, 5.41) is 0. The van der Waals surface area contributed by atoms with E-state index in [0.717, 1.165) is 11.3 Å². The summed E-state index contributed by atoms with van der Waals surface area (Å²) in [6, 6.07) is 9.39. The standard InChI is InChI=1S/C14H12N2O3/c1-17-11-5-3-9(7-13(11)18-2)10-4-6-12-14(16-10)15-8-19-12/h3-8H,1-2H3. The molecule has 2 aromatic heterocycles. The van der Waals surface area contributed by atoms with Gasteiger partial charge in [0.2, 0.25) is 0 Å². The number of aromatic nitrogens is 2. The summed E-state index contributed by atoms with van der Waals surface area (Å²) in [4.78, 5) is 8.48. The Morgan fingerprint density at radius 2 is 1.84 bits per heavy atom. The van der Waals surface area contributed by atoms with Crippen molar-refractivity contribution < 1.29 is 13.9 Å². The minimum Gasteiger partial charge on any atom is -0.493 e. The van der Waals surface area contributed by atoms with E-state index in [-0.39, 0.29) is 0 Å². The van der Waals surface area contributed by atoms with Gasteiger partial charge in [0.1, 0.15) is 0 Å². The Balaban J connectivity index is 2.09. The quantitative estimate of drug-likeness (QED) is 0.721. The maximum absolute atomic E-state index is 5.28. The first-order chi connectivity index (χ1) is 9.31. The Hall–Kier alpha value is -2.56. The molecule has 0 aliphatic rings. The number of pyridine rings is 1. The molecule has 0 saturated carbocycles. The van der Waals surface area contributed by atoms with E-state index in [0.29, 0.717) is 22.7 Å². The van der Waals surface area contributed by atoms with E-state index in [4.69, 9.17) is 13.9 Å². The van der Waals surface area contributed by atoms with E-state index >= 15 is 0 Å². The van der Waals surface area contributed by atoms with Crippen LogP contribution in [0.1, 0.15) is 0 Å². The van der Waals surface area contributed by atoms with Crippen LogP contribution >= 0.6 is 0 Å². The van der Waals surface area contributed by atoms with Gasteiger partial charge in [0.25, 0.3) is 0 Å². The molecule has 0 amide bonds. The molecule has 0 bridgehead atoms. The molecule has 5 heteroatoms. The molecule has 0 spiro atoms. The van der Waals surface area contributed by atoms with Crippen LogP contribution in [-0.2, 0) is 0 Å². The molecule has 0 unspecified atom stereocenters. The Morgan fingerprint density at radius 3 is 2.63 bits per heavy atom. The lowest BCUT2D eigenvalue weighted by Crippen LogP contribution is -1.91. The normalized spacial score (nSPS) is 10.6. The molecule has 0 aliphatic carbocycles. The van der Waals surface area contributed by atoms with Crippen LogP contribution in [0, 0.1) is 0 Å². The van der Waals surface area contributed by atoms with Crippen LogP contribution in [0.4, 0.5) is 0 Å². The summed E-state index contributed by atoms with van der Waals surface area (Å²) in [6.45, 7) is 0. The van der Waals surface area contributed by atoms with Gasteiger partial charge in [-0.15, -0.1) is 0 Å². The van der Waals surface area contributed by atoms with Gasteiger partial charge in [0.05, 0.1) is 19.9 Å². The van der Waals surface area contributed by atoms with Gasteiger partial charge in [-0.05, 0) is 30.3 Å². The molecule has 0 fully saturated rings. The minimum absolute atomic E-state index is 0.590.